The van der Waals surface area contributed by atoms with Crippen molar-refractivity contribution in [1.82, 2.24) is 0 Å². The molecular weight excluding hydrogens is 230 g/mol. The summed E-state index contributed by atoms with van der Waals surface area (Å²) in [6.07, 6.45) is 7.20. The quantitative estimate of drug-likeness (QED) is 0.857. The van der Waals surface area contributed by atoms with E-state index >= 15 is 0 Å². The Morgan fingerprint density at radius 1 is 1.24 bits per heavy atom. The van der Waals surface area contributed by atoms with Gasteiger partial charge in [-0.25, -0.2) is 0 Å². The van der Waals surface area contributed by atoms with E-state index in [-0.39, 0.29) is 5.54 Å². The molecule has 0 aromatic heterocycles. The van der Waals surface area contributed by atoms with Crippen molar-refractivity contribution in [2.24, 2.45) is 11.7 Å². The molecule has 0 amide bonds. The second-order valence-electron chi connectivity index (χ2n) is 5.52. The van der Waals surface area contributed by atoms with Crippen LogP contribution in [0.3, 0.4) is 0 Å². The van der Waals surface area contributed by atoms with E-state index in [1.54, 1.807) is 0 Å². The summed E-state index contributed by atoms with van der Waals surface area (Å²) in [5.74, 6) is 0.900. The van der Waals surface area contributed by atoms with Gasteiger partial charge in [-0.2, -0.15) is 0 Å². The predicted molar refractivity (Wildman–Crippen MR) is 74.3 cm³/mol. The van der Waals surface area contributed by atoms with Crippen LogP contribution in [0.4, 0.5) is 0 Å². The van der Waals surface area contributed by atoms with Crippen molar-refractivity contribution in [3.8, 4) is 0 Å². The van der Waals surface area contributed by atoms with E-state index in [1.165, 1.54) is 24.8 Å². The van der Waals surface area contributed by atoms with Crippen LogP contribution < -0.4 is 5.73 Å². The minimum absolute atomic E-state index is 0.0134. The average Bonchev–Trinajstić information content (AvgIpc) is 2.33. The van der Waals surface area contributed by atoms with Crippen molar-refractivity contribution in [3.63, 3.8) is 0 Å². The molecular formula is C15H22ClN. The van der Waals surface area contributed by atoms with Gasteiger partial charge in [0.05, 0.1) is 0 Å². The maximum atomic E-state index is 6.51. The fraction of sp³-hybridized carbons (Fsp3) is 0.600. The van der Waals surface area contributed by atoms with Gasteiger partial charge >= 0.3 is 0 Å². The lowest BCUT2D eigenvalue weighted by molar-refractivity contribution is 0.228. The lowest BCUT2D eigenvalue weighted by Crippen LogP contribution is -2.45. The Hall–Kier alpha value is -0.530. The molecule has 0 aliphatic heterocycles. The van der Waals surface area contributed by atoms with Crippen LogP contribution in [-0.2, 0) is 6.42 Å². The van der Waals surface area contributed by atoms with Crippen molar-refractivity contribution in [2.45, 2.75) is 51.0 Å². The summed E-state index contributed by atoms with van der Waals surface area (Å²) in [7, 11) is 0. The second kappa shape index (κ2) is 5.41. The molecule has 17 heavy (non-hydrogen) atoms. The third-order valence-electron chi connectivity index (χ3n) is 4.15. The Bertz CT molecular complexity index is 350. The van der Waals surface area contributed by atoms with Gasteiger partial charge in [0.2, 0.25) is 0 Å². The molecule has 0 unspecified atom stereocenters. The van der Waals surface area contributed by atoms with E-state index in [2.05, 4.69) is 19.1 Å². The van der Waals surface area contributed by atoms with E-state index in [4.69, 9.17) is 17.3 Å². The lowest BCUT2D eigenvalue weighted by atomic mass is 9.73. The number of benzene rings is 1. The molecule has 0 atom stereocenters. The van der Waals surface area contributed by atoms with Gasteiger partial charge in [0, 0.05) is 10.6 Å². The van der Waals surface area contributed by atoms with Gasteiger partial charge in [0.1, 0.15) is 0 Å². The zero-order chi connectivity index (χ0) is 12.3. The Morgan fingerprint density at radius 2 is 1.82 bits per heavy atom. The van der Waals surface area contributed by atoms with Crippen molar-refractivity contribution >= 4 is 11.6 Å². The molecule has 0 heterocycles. The fourth-order valence-electron chi connectivity index (χ4n) is 2.85. The summed E-state index contributed by atoms with van der Waals surface area (Å²) >= 11 is 5.90. The Kier molecular flexibility index (Phi) is 4.11. The molecule has 1 aliphatic rings. The van der Waals surface area contributed by atoms with Gasteiger partial charge in [-0.1, -0.05) is 37.1 Å². The molecule has 2 N–H and O–H groups in total. The summed E-state index contributed by atoms with van der Waals surface area (Å²) < 4.78 is 0. The Balaban J connectivity index is 1.96. The van der Waals surface area contributed by atoms with Crippen LogP contribution in [-0.4, -0.2) is 5.54 Å². The van der Waals surface area contributed by atoms with Gasteiger partial charge in [0.15, 0.2) is 0 Å². The first-order valence-electron chi connectivity index (χ1n) is 6.65. The predicted octanol–water partition coefficient (Wildman–Crippen LogP) is 4.18. The first-order chi connectivity index (χ1) is 8.11. The average molecular weight is 252 g/mol. The molecule has 1 saturated carbocycles. The third kappa shape index (κ3) is 3.46. The summed E-state index contributed by atoms with van der Waals surface area (Å²) in [5.41, 5.74) is 7.84. The number of hydrogen-bond donors (Lipinski definition) is 1. The maximum absolute atomic E-state index is 6.51. The number of halogens is 1. The highest BCUT2D eigenvalue weighted by Crippen LogP contribution is 2.34. The van der Waals surface area contributed by atoms with Crippen molar-refractivity contribution in [2.75, 3.05) is 0 Å². The van der Waals surface area contributed by atoms with Crippen LogP contribution in [0, 0.1) is 5.92 Å². The smallest absolute Gasteiger partial charge is 0.0406 e. The van der Waals surface area contributed by atoms with E-state index in [9.17, 15) is 0 Å². The number of rotatable bonds is 3. The molecule has 1 nitrogen and oxygen atoms in total. The molecule has 0 spiro atoms. The lowest BCUT2D eigenvalue weighted by Gasteiger charge is -2.37. The van der Waals surface area contributed by atoms with Crippen LogP contribution in [0.15, 0.2) is 24.3 Å². The number of nitrogens with two attached hydrogens (primary N) is 1. The highest BCUT2D eigenvalue weighted by molar-refractivity contribution is 6.30. The van der Waals surface area contributed by atoms with Gasteiger partial charge in [0.25, 0.3) is 0 Å². The minimum atomic E-state index is 0.0134. The van der Waals surface area contributed by atoms with Crippen LogP contribution in [0.2, 0.25) is 5.02 Å². The highest BCUT2D eigenvalue weighted by atomic mass is 35.5. The van der Waals surface area contributed by atoms with Crippen molar-refractivity contribution < 1.29 is 0 Å². The van der Waals surface area contributed by atoms with Crippen molar-refractivity contribution in [1.29, 1.82) is 0 Å². The molecule has 94 valence electrons. The van der Waals surface area contributed by atoms with E-state index < -0.39 is 0 Å². The fourth-order valence-corrected chi connectivity index (χ4v) is 2.97. The first-order valence-corrected chi connectivity index (χ1v) is 7.02. The van der Waals surface area contributed by atoms with Crippen LogP contribution >= 0.6 is 11.6 Å². The van der Waals surface area contributed by atoms with Crippen LogP contribution in [0.25, 0.3) is 0 Å². The first kappa shape index (κ1) is 12.9. The zero-order valence-electron chi connectivity index (χ0n) is 10.6. The maximum Gasteiger partial charge on any atom is 0.0406 e. The number of hydrogen-bond acceptors (Lipinski definition) is 1. The van der Waals surface area contributed by atoms with E-state index in [1.807, 2.05) is 12.1 Å². The zero-order valence-corrected chi connectivity index (χ0v) is 11.3. The monoisotopic (exact) mass is 251 g/mol. The molecule has 1 aliphatic carbocycles. The summed E-state index contributed by atoms with van der Waals surface area (Å²) in [6.45, 7) is 2.29. The largest absolute Gasteiger partial charge is 0.325 e. The Labute approximate surface area is 109 Å². The van der Waals surface area contributed by atoms with Gasteiger partial charge in [-0.3, -0.25) is 0 Å². The molecule has 0 bridgehead atoms. The molecule has 1 fully saturated rings. The van der Waals surface area contributed by atoms with E-state index in [0.717, 1.165) is 30.2 Å². The molecule has 2 rings (SSSR count). The van der Waals surface area contributed by atoms with Crippen molar-refractivity contribution in [3.05, 3.63) is 34.9 Å². The second-order valence-corrected chi connectivity index (χ2v) is 5.95. The normalized spacial score (nSPS) is 29.2. The molecule has 1 aromatic carbocycles. The Morgan fingerprint density at radius 3 is 2.35 bits per heavy atom. The SMILES string of the molecule is CCC1CCC(N)(Cc2ccc(Cl)cc2)CC1. The third-order valence-corrected chi connectivity index (χ3v) is 4.40. The highest BCUT2D eigenvalue weighted by Gasteiger charge is 2.30. The minimum Gasteiger partial charge on any atom is -0.325 e. The summed E-state index contributed by atoms with van der Waals surface area (Å²) in [5, 5.41) is 0.800. The van der Waals surface area contributed by atoms with Crippen LogP contribution in [0.1, 0.15) is 44.6 Å². The van der Waals surface area contributed by atoms with Gasteiger partial charge in [-0.05, 0) is 55.7 Å². The summed E-state index contributed by atoms with van der Waals surface area (Å²) in [4.78, 5) is 0. The molecule has 0 saturated heterocycles. The topological polar surface area (TPSA) is 26.0 Å². The summed E-state index contributed by atoms with van der Waals surface area (Å²) in [6, 6.07) is 8.11. The van der Waals surface area contributed by atoms with E-state index in [0.29, 0.717) is 0 Å². The molecule has 2 heteroatoms. The van der Waals surface area contributed by atoms with Gasteiger partial charge < -0.3 is 5.73 Å². The van der Waals surface area contributed by atoms with Crippen LogP contribution in [0.5, 0.6) is 0 Å². The standard InChI is InChI=1S/C15H22ClN/c1-2-12-7-9-15(17,10-8-12)11-13-3-5-14(16)6-4-13/h3-6,12H,2,7-11,17H2,1H3. The van der Waals surface area contributed by atoms with Gasteiger partial charge in [-0.15, -0.1) is 0 Å². The molecule has 0 radical (unpaired) electrons. The molecule has 1 aromatic rings.